The number of aromatic nitrogens is 1. The van der Waals surface area contributed by atoms with Gasteiger partial charge >= 0.3 is 0 Å². The Balaban J connectivity index is 1.99. The van der Waals surface area contributed by atoms with Crippen LogP contribution in [0.1, 0.15) is 31.4 Å². The maximum absolute atomic E-state index is 11.7. The highest BCUT2D eigenvalue weighted by Crippen LogP contribution is 2.29. The van der Waals surface area contributed by atoms with Gasteiger partial charge in [-0.1, -0.05) is 5.16 Å². The molecule has 6 nitrogen and oxygen atoms in total. The number of hydrogen-bond donors (Lipinski definition) is 1. The molecule has 1 aromatic rings. The van der Waals surface area contributed by atoms with Crippen LogP contribution in [0.15, 0.2) is 10.6 Å². The van der Waals surface area contributed by atoms with Crippen molar-refractivity contribution in [2.75, 3.05) is 24.6 Å². The van der Waals surface area contributed by atoms with E-state index in [2.05, 4.69) is 5.16 Å². The fourth-order valence-corrected chi connectivity index (χ4v) is 3.24. The lowest BCUT2D eigenvalue weighted by molar-refractivity contribution is 0.309. The van der Waals surface area contributed by atoms with Gasteiger partial charge in [0.1, 0.15) is 0 Å². The summed E-state index contributed by atoms with van der Waals surface area (Å²) >= 11 is 0. The molecular formula is C10H17N3O3S. The summed E-state index contributed by atoms with van der Waals surface area (Å²) in [6, 6.07) is 1.72. The van der Waals surface area contributed by atoms with Gasteiger partial charge in [-0.25, -0.2) is 12.7 Å². The summed E-state index contributed by atoms with van der Waals surface area (Å²) < 4.78 is 29.7. The molecule has 1 aliphatic heterocycles. The molecule has 2 N–H and O–H groups in total. The molecule has 2 heterocycles. The first-order valence-electron chi connectivity index (χ1n) is 5.73. The van der Waals surface area contributed by atoms with Crippen LogP contribution in [0.4, 0.5) is 5.88 Å². The van der Waals surface area contributed by atoms with E-state index >= 15 is 0 Å². The molecule has 1 fully saturated rings. The molecular weight excluding hydrogens is 242 g/mol. The largest absolute Gasteiger partial charge is 0.368 e. The van der Waals surface area contributed by atoms with Gasteiger partial charge in [0, 0.05) is 25.1 Å². The van der Waals surface area contributed by atoms with Crippen molar-refractivity contribution >= 4 is 15.9 Å². The van der Waals surface area contributed by atoms with E-state index in [1.165, 1.54) is 0 Å². The van der Waals surface area contributed by atoms with E-state index in [4.69, 9.17) is 10.3 Å². The third kappa shape index (κ3) is 2.61. The van der Waals surface area contributed by atoms with Gasteiger partial charge in [0.2, 0.25) is 15.9 Å². The standard InChI is InChI=1S/C10H17N3O3S/c1-2-17(14,15)13-5-3-8(4-6-13)9-7-10(11)16-12-9/h7-8H,2-6,11H2,1H3. The highest BCUT2D eigenvalue weighted by molar-refractivity contribution is 7.89. The van der Waals surface area contributed by atoms with Gasteiger partial charge < -0.3 is 10.3 Å². The lowest BCUT2D eigenvalue weighted by Gasteiger charge is -2.29. The second-order valence-corrected chi connectivity index (χ2v) is 6.49. The third-order valence-corrected chi connectivity index (χ3v) is 5.06. The second-order valence-electron chi connectivity index (χ2n) is 4.23. The molecule has 0 unspecified atom stereocenters. The van der Waals surface area contributed by atoms with Gasteiger partial charge in [0.25, 0.3) is 0 Å². The van der Waals surface area contributed by atoms with Gasteiger partial charge in [0.15, 0.2) is 0 Å². The SMILES string of the molecule is CCS(=O)(=O)N1CCC(c2cc(N)on2)CC1. The Labute approximate surface area is 101 Å². The van der Waals surface area contributed by atoms with Gasteiger partial charge in [-0.05, 0) is 19.8 Å². The maximum atomic E-state index is 11.7. The van der Waals surface area contributed by atoms with Crippen molar-refractivity contribution in [3.05, 3.63) is 11.8 Å². The van der Waals surface area contributed by atoms with Gasteiger partial charge in [-0.3, -0.25) is 0 Å². The molecule has 0 bridgehead atoms. The maximum Gasteiger partial charge on any atom is 0.222 e. The molecule has 0 atom stereocenters. The quantitative estimate of drug-likeness (QED) is 0.866. The van der Waals surface area contributed by atoms with E-state index in [9.17, 15) is 8.42 Å². The topological polar surface area (TPSA) is 89.4 Å². The first-order chi connectivity index (χ1) is 8.03. The molecule has 1 aromatic heterocycles. The zero-order chi connectivity index (χ0) is 12.5. The summed E-state index contributed by atoms with van der Waals surface area (Å²) in [5, 5.41) is 3.88. The minimum absolute atomic E-state index is 0.161. The summed E-state index contributed by atoms with van der Waals surface area (Å²) in [4.78, 5) is 0. The van der Waals surface area contributed by atoms with Crippen molar-refractivity contribution < 1.29 is 12.9 Å². The summed E-state index contributed by atoms with van der Waals surface area (Å²) in [6.07, 6.45) is 1.54. The number of nitrogen functional groups attached to an aromatic ring is 1. The van der Waals surface area contributed by atoms with Gasteiger partial charge in [0.05, 0.1) is 11.4 Å². The van der Waals surface area contributed by atoms with Crippen molar-refractivity contribution in [1.82, 2.24) is 9.46 Å². The van der Waals surface area contributed by atoms with Crippen molar-refractivity contribution in [3.63, 3.8) is 0 Å². The highest BCUT2D eigenvalue weighted by Gasteiger charge is 2.28. The predicted molar refractivity (Wildman–Crippen MR) is 63.9 cm³/mol. The molecule has 1 aliphatic rings. The average molecular weight is 259 g/mol. The Kier molecular flexibility index (Phi) is 3.39. The van der Waals surface area contributed by atoms with Crippen LogP contribution in [0.5, 0.6) is 0 Å². The van der Waals surface area contributed by atoms with Gasteiger partial charge in [-0.15, -0.1) is 0 Å². The van der Waals surface area contributed by atoms with Crippen LogP contribution in [-0.2, 0) is 10.0 Å². The van der Waals surface area contributed by atoms with E-state index in [1.807, 2.05) is 0 Å². The molecule has 0 amide bonds. The monoisotopic (exact) mass is 259 g/mol. The van der Waals surface area contributed by atoms with Gasteiger partial charge in [-0.2, -0.15) is 0 Å². The number of sulfonamides is 1. The fraction of sp³-hybridized carbons (Fsp3) is 0.700. The Morgan fingerprint density at radius 2 is 2.18 bits per heavy atom. The Hall–Kier alpha value is -1.08. The van der Waals surface area contributed by atoms with E-state index in [-0.39, 0.29) is 11.7 Å². The van der Waals surface area contributed by atoms with E-state index < -0.39 is 10.0 Å². The highest BCUT2D eigenvalue weighted by atomic mass is 32.2. The number of nitrogens with two attached hydrogens (primary N) is 1. The van der Waals surface area contributed by atoms with Crippen LogP contribution in [-0.4, -0.2) is 36.7 Å². The molecule has 0 saturated carbocycles. The summed E-state index contributed by atoms with van der Waals surface area (Å²) in [7, 11) is -3.06. The van der Waals surface area contributed by atoms with Crippen LogP contribution in [0.2, 0.25) is 0 Å². The van der Waals surface area contributed by atoms with E-state index in [0.717, 1.165) is 18.5 Å². The van der Waals surface area contributed by atoms with E-state index in [0.29, 0.717) is 19.0 Å². The lowest BCUT2D eigenvalue weighted by atomic mass is 9.95. The summed E-state index contributed by atoms with van der Waals surface area (Å²) in [5.41, 5.74) is 6.30. The Bertz CT molecular complexity index is 475. The summed E-state index contributed by atoms with van der Waals surface area (Å²) in [5.74, 6) is 0.720. The smallest absolute Gasteiger partial charge is 0.222 e. The number of rotatable bonds is 3. The van der Waals surface area contributed by atoms with Crippen molar-refractivity contribution in [3.8, 4) is 0 Å². The first-order valence-corrected chi connectivity index (χ1v) is 7.33. The number of anilines is 1. The molecule has 17 heavy (non-hydrogen) atoms. The molecule has 0 aliphatic carbocycles. The third-order valence-electron chi connectivity index (χ3n) is 3.18. The van der Waals surface area contributed by atoms with Crippen LogP contribution >= 0.6 is 0 Å². The summed E-state index contributed by atoms with van der Waals surface area (Å²) in [6.45, 7) is 2.76. The van der Waals surface area contributed by atoms with Crippen LogP contribution in [0, 0.1) is 0 Å². The fourth-order valence-electron chi connectivity index (χ4n) is 2.11. The Morgan fingerprint density at radius 1 is 1.53 bits per heavy atom. The second kappa shape index (κ2) is 4.66. The molecule has 1 saturated heterocycles. The number of piperidine rings is 1. The minimum atomic E-state index is -3.06. The van der Waals surface area contributed by atoms with Crippen molar-refractivity contribution in [2.45, 2.75) is 25.7 Å². The van der Waals surface area contributed by atoms with Crippen LogP contribution in [0.3, 0.4) is 0 Å². The van der Waals surface area contributed by atoms with Crippen molar-refractivity contribution in [2.24, 2.45) is 0 Å². The lowest BCUT2D eigenvalue weighted by Crippen LogP contribution is -2.38. The van der Waals surface area contributed by atoms with Crippen LogP contribution in [0.25, 0.3) is 0 Å². The molecule has 0 radical (unpaired) electrons. The predicted octanol–water partition coefficient (Wildman–Crippen LogP) is 0.786. The molecule has 7 heteroatoms. The molecule has 2 rings (SSSR count). The average Bonchev–Trinajstić information content (AvgIpc) is 2.76. The van der Waals surface area contributed by atoms with Crippen LogP contribution < -0.4 is 5.73 Å². The Morgan fingerprint density at radius 3 is 2.65 bits per heavy atom. The first kappa shape index (κ1) is 12.4. The van der Waals surface area contributed by atoms with Crippen molar-refractivity contribution in [1.29, 1.82) is 0 Å². The zero-order valence-corrected chi connectivity index (χ0v) is 10.6. The molecule has 96 valence electrons. The molecule has 0 aromatic carbocycles. The number of nitrogens with zero attached hydrogens (tertiary/aromatic N) is 2. The molecule has 0 spiro atoms. The normalized spacial score (nSPS) is 19.6. The minimum Gasteiger partial charge on any atom is -0.368 e. The zero-order valence-electron chi connectivity index (χ0n) is 9.80. The van der Waals surface area contributed by atoms with E-state index in [1.54, 1.807) is 17.3 Å². The number of hydrogen-bond acceptors (Lipinski definition) is 5.